The molecule has 1 aliphatic rings. The Morgan fingerprint density at radius 2 is 1.72 bits per heavy atom. The number of benzene rings is 1. The fraction of sp³-hybridized carbons (Fsp3) is 0.625. The van der Waals surface area contributed by atoms with Crippen LogP contribution in [0.1, 0.15) is 55.9 Å². The first-order valence-electron chi connectivity index (χ1n) is 7.15. The van der Waals surface area contributed by atoms with Crippen LogP contribution in [0.3, 0.4) is 0 Å². The van der Waals surface area contributed by atoms with Crippen molar-refractivity contribution in [1.29, 1.82) is 0 Å². The second kappa shape index (κ2) is 5.85. The van der Waals surface area contributed by atoms with Crippen LogP contribution in [-0.4, -0.2) is 16.3 Å². The lowest BCUT2D eigenvalue weighted by atomic mass is 9.89. The van der Waals surface area contributed by atoms with E-state index in [0.29, 0.717) is 0 Å². The van der Waals surface area contributed by atoms with Crippen molar-refractivity contribution < 1.29 is 10.2 Å². The Morgan fingerprint density at radius 3 is 2.39 bits per heavy atom. The van der Waals surface area contributed by atoms with Gasteiger partial charge in [0.2, 0.25) is 0 Å². The first-order chi connectivity index (χ1) is 8.67. The molecule has 0 amide bonds. The molecule has 1 aliphatic carbocycles. The Kier molecular flexibility index (Phi) is 4.41. The van der Waals surface area contributed by atoms with Crippen LogP contribution >= 0.6 is 0 Å². The van der Waals surface area contributed by atoms with E-state index in [2.05, 4.69) is 26.0 Å². The Bertz CT molecular complexity index is 396. The summed E-state index contributed by atoms with van der Waals surface area (Å²) in [7, 11) is 0. The molecule has 0 radical (unpaired) electrons. The van der Waals surface area contributed by atoms with Crippen molar-refractivity contribution in [2.75, 3.05) is 0 Å². The average molecular weight is 248 g/mol. The Balaban J connectivity index is 2.15. The first-order valence-corrected chi connectivity index (χ1v) is 7.15. The summed E-state index contributed by atoms with van der Waals surface area (Å²) < 4.78 is 0. The van der Waals surface area contributed by atoms with Gasteiger partial charge in [-0.15, -0.1) is 0 Å². The number of rotatable bonds is 5. The van der Waals surface area contributed by atoms with Gasteiger partial charge in [-0.25, -0.2) is 0 Å². The van der Waals surface area contributed by atoms with E-state index in [1.165, 1.54) is 17.5 Å². The fourth-order valence-corrected chi connectivity index (χ4v) is 3.00. The highest BCUT2D eigenvalue weighted by atomic mass is 16.3. The molecule has 2 nitrogen and oxygen atoms in total. The van der Waals surface area contributed by atoms with Crippen molar-refractivity contribution >= 4 is 0 Å². The second-order valence-corrected chi connectivity index (χ2v) is 5.39. The zero-order valence-electron chi connectivity index (χ0n) is 11.4. The summed E-state index contributed by atoms with van der Waals surface area (Å²) in [4.78, 5) is 0. The molecule has 1 aromatic rings. The summed E-state index contributed by atoms with van der Waals surface area (Å²) >= 11 is 0. The molecule has 0 saturated heterocycles. The van der Waals surface area contributed by atoms with Crippen LogP contribution in [-0.2, 0) is 12.8 Å². The van der Waals surface area contributed by atoms with Gasteiger partial charge in [0.1, 0.15) is 6.10 Å². The minimum Gasteiger partial charge on any atom is -0.390 e. The average Bonchev–Trinajstić information content (AvgIpc) is 2.86. The molecule has 2 N–H and O–H groups in total. The maximum atomic E-state index is 10.3. The number of fused-ring (bicyclic) bond motifs is 1. The highest BCUT2D eigenvalue weighted by Crippen LogP contribution is 2.29. The van der Waals surface area contributed by atoms with E-state index in [1.807, 2.05) is 6.07 Å². The minimum absolute atomic E-state index is 0.174. The van der Waals surface area contributed by atoms with Gasteiger partial charge in [-0.1, -0.05) is 44.9 Å². The van der Waals surface area contributed by atoms with Crippen LogP contribution in [0.15, 0.2) is 18.2 Å². The molecule has 0 heterocycles. The van der Waals surface area contributed by atoms with E-state index in [9.17, 15) is 10.2 Å². The van der Waals surface area contributed by atoms with Gasteiger partial charge in [0, 0.05) is 0 Å². The van der Waals surface area contributed by atoms with Crippen LogP contribution in [0, 0.1) is 5.92 Å². The summed E-state index contributed by atoms with van der Waals surface area (Å²) in [6.07, 6.45) is 3.88. The Labute approximate surface area is 110 Å². The van der Waals surface area contributed by atoms with E-state index in [4.69, 9.17) is 0 Å². The van der Waals surface area contributed by atoms with Crippen molar-refractivity contribution in [3.8, 4) is 0 Å². The number of hydrogen-bond acceptors (Lipinski definition) is 2. The lowest BCUT2D eigenvalue weighted by Gasteiger charge is -2.25. The predicted molar refractivity (Wildman–Crippen MR) is 73.5 cm³/mol. The zero-order chi connectivity index (χ0) is 13.1. The van der Waals surface area contributed by atoms with Crippen LogP contribution < -0.4 is 0 Å². The Morgan fingerprint density at radius 1 is 1.06 bits per heavy atom. The van der Waals surface area contributed by atoms with Gasteiger partial charge in [0.25, 0.3) is 0 Å². The van der Waals surface area contributed by atoms with Gasteiger partial charge in [-0.05, 0) is 41.9 Å². The highest BCUT2D eigenvalue weighted by molar-refractivity contribution is 5.36. The maximum Gasteiger partial charge on any atom is 0.105 e. The highest BCUT2D eigenvalue weighted by Gasteiger charge is 2.26. The van der Waals surface area contributed by atoms with Crippen molar-refractivity contribution in [2.45, 2.75) is 58.2 Å². The topological polar surface area (TPSA) is 40.5 Å². The third-order valence-electron chi connectivity index (χ3n) is 4.32. The zero-order valence-corrected chi connectivity index (χ0v) is 11.4. The lowest BCUT2D eigenvalue weighted by Crippen LogP contribution is -2.27. The van der Waals surface area contributed by atoms with Crippen LogP contribution in [0.25, 0.3) is 0 Å². The lowest BCUT2D eigenvalue weighted by molar-refractivity contribution is -0.0209. The first kappa shape index (κ1) is 13.6. The number of aliphatic hydroxyl groups excluding tert-OH is 2. The van der Waals surface area contributed by atoms with Gasteiger partial charge in [0.05, 0.1) is 6.10 Å². The van der Waals surface area contributed by atoms with E-state index >= 15 is 0 Å². The minimum atomic E-state index is -0.749. The second-order valence-electron chi connectivity index (χ2n) is 5.39. The molecule has 0 fully saturated rings. The maximum absolute atomic E-state index is 10.3. The summed E-state index contributed by atoms with van der Waals surface area (Å²) in [5, 5.41) is 20.5. The van der Waals surface area contributed by atoms with E-state index in [1.54, 1.807) is 0 Å². The molecule has 0 saturated carbocycles. The smallest absolute Gasteiger partial charge is 0.105 e. The van der Waals surface area contributed by atoms with Crippen LogP contribution in [0.4, 0.5) is 0 Å². The molecule has 2 heteroatoms. The molecule has 0 spiro atoms. The van der Waals surface area contributed by atoms with E-state index in [0.717, 1.165) is 31.2 Å². The molecule has 0 aromatic heterocycles. The molecule has 1 aromatic carbocycles. The molecular formula is C16H24O2. The van der Waals surface area contributed by atoms with Crippen molar-refractivity contribution in [2.24, 2.45) is 5.92 Å². The summed E-state index contributed by atoms with van der Waals surface area (Å²) in [6.45, 7) is 4.12. The van der Waals surface area contributed by atoms with Gasteiger partial charge < -0.3 is 10.2 Å². The molecular weight excluding hydrogens is 224 g/mol. The quantitative estimate of drug-likeness (QED) is 0.841. The molecule has 2 rings (SSSR count). The van der Waals surface area contributed by atoms with Gasteiger partial charge in [-0.3, -0.25) is 0 Å². The molecule has 100 valence electrons. The van der Waals surface area contributed by atoms with E-state index in [-0.39, 0.29) is 5.92 Å². The third kappa shape index (κ3) is 2.60. The van der Waals surface area contributed by atoms with E-state index < -0.39 is 12.2 Å². The normalized spacial score (nSPS) is 17.8. The molecule has 0 bridgehead atoms. The molecule has 2 atom stereocenters. The van der Waals surface area contributed by atoms with Gasteiger partial charge in [-0.2, -0.15) is 0 Å². The fourth-order valence-electron chi connectivity index (χ4n) is 3.00. The standard InChI is InChI=1S/C16H24O2/c1-3-11(4-2)15(17)16(18)14-9-8-12-6-5-7-13(12)10-14/h8-11,15-18H,3-7H2,1-2H3. The summed E-state index contributed by atoms with van der Waals surface area (Å²) in [5.74, 6) is 0.174. The van der Waals surface area contributed by atoms with Crippen molar-refractivity contribution in [3.05, 3.63) is 34.9 Å². The SMILES string of the molecule is CCC(CC)C(O)C(O)c1ccc2c(c1)CCC2. The van der Waals surface area contributed by atoms with Gasteiger partial charge >= 0.3 is 0 Å². The van der Waals surface area contributed by atoms with Crippen LogP contribution in [0.2, 0.25) is 0 Å². The van der Waals surface area contributed by atoms with Gasteiger partial charge in [0.15, 0.2) is 0 Å². The monoisotopic (exact) mass is 248 g/mol. The number of aliphatic hydroxyl groups is 2. The largest absolute Gasteiger partial charge is 0.390 e. The third-order valence-corrected chi connectivity index (χ3v) is 4.32. The number of hydrogen-bond donors (Lipinski definition) is 2. The van der Waals surface area contributed by atoms with Crippen molar-refractivity contribution in [3.63, 3.8) is 0 Å². The predicted octanol–water partition coefficient (Wildman–Crippen LogP) is 3.01. The Hall–Kier alpha value is -0.860. The number of aryl methyl sites for hydroxylation is 2. The molecule has 18 heavy (non-hydrogen) atoms. The molecule has 0 aliphatic heterocycles. The summed E-state index contributed by atoms with van der Waals surface area (Å²) in [5.41, 5.74) is 3.63. The van der Waals surface area contributed by atoms with Crippen molar-refractivity contribution in [1.82, 2.24) is 0 Å². The van der Waals surface area contributed by atoms with Crippen LogP contribution in [0.5, 0.6) is 0 Å². The summed E-state index contributed by atoms with van der Waals surface area (Å²) in [6, 6.07) is 6.17. The molecule has 2 unspecified atom stereocenters.